The normalized spacial score (nSPS) is 11.2. The van der Waals surface area contributed by atoms with Crippen LogP contribution in [-0.4, -0.2) is 21.5 Å². The number of hydrogen-bond acceptors (Lipinski definition) is 4. The van der Waals surface area contributed by atoms with E-state index in [0.29, 0.717) is 18.8 Å². The molecule has 5 nitrogen and oxygen atoms in total. The second kappa shape index (κ2) is 6.71. The summed E-state index contributed by atoms with van der Waals surface area (Å²) in [6.45, 7) is 0.866. The van der Waals surface area contributed by atoms with E-state index in [1.165, 1.54) is 24.3 Å². The van der Waals surface area contributed by atoms with Gasteiger partial charge in [-0.1, -0.05) is 0 Å². The lowest BCUT2D eigenvalue weighted by Gasteiger charge is -2.10. The Balaban J connectivity index is 1.84. The van der Waals surface area contributed by atoms with Crippen LogP contribution in [0.1, 0.15) is 0 Å². The average molecular weight is 327 g/mol. The van der Waals surface area contributed by atoms with E-state index >= 15 is 0 Å². The van der Waals surface area contributed by atoms with Gasteiger partial charge in [-0.15, -0.1) is 0 Å². The molecule has 0 heterocycles. The first-order valence-corrected chi connectivity index (χ1v) is 7.96. The summed E-state index contributed by atoms with van der Waals surface area (Å²) in [6.07, 6.45) is 0. The highest BCUT2D eigenvalue weighted by molar-refractivity contribution is 7.89. The van der Waals surface area contributed by atoms with Crippen LogP contribution in [0, 0.1) is 11.6 Å². The molecule has 0 radical (unpaired) electrons. The molecule has 0 aromatic heterocycles. The van der Waals surface area contributed by atoms with Crippen LogP contribution in [0.4, 0.5) is 20.2 Å². The minimum absolute atomic E-state index is 0.0320. The van der Waals surface area contributed by atoms with E-state index in [-0.39, 0.29) is 10.6 Å². The number of benzene rings is 2. The van der Waals surface area contributed by atoms with Gasteiger partial charge < -0.3 is 10.6 Å². The first-order chi connectivity index (χ1) is 10.4. The lowest BCUT2D eigenvalue weighted by molar-refractivity contribution is 0.585. The molecule has 118 valence electrons. The topological polar surface area (TPSA) is 84.2 Å². The molecule has 0 aliphatic heterocycles. The molecule has 0 amide bonds. The molecule has 2 aromatic carbocycles. The zero-order chi connectivity index (χ0) is 16.2. The predicted octanol–water partition coefficient (Wildman–Crippen LogP) is 2.14. The van der Waals surface area contributed by atoms with Crippen LogP contribution in [0.25, 0.3) is 0 Å². The van der Waals surface area contributed by atoms with Crippen LogP contribution in [0.3, 0.4) is 0 Å². The van der Waals surface area contributed by atoms with E-state index in [0.717, 1.165) is 6.07 Å². The first kappa shape index (κ1) is 16.2. The number of primary sulfonamides is 1. The number of sulfonamides is 1. The molecule has 4 N–H and O–H groups in total. The van der Waals surface area contributed by atoms with E-state index in [9.17, 15) is 17.2 Å². The summed E-state index contributed by atoms with van der Waals surface area (Å²) < 4.78 is 48.3. The predicted molar refractivity (Wildman–Crippen MR) is 81.2 cm³/mol. The monoisotopic (exact) mass is 327 g/mol. The van der Waals surface area contributed by atoms with Gasteiger partial charge in [0.1, 0.15) is 11.6 Å². The van der Waals surface area contributed by atoms with Crippen LogP contribution in [-0.2, 0) is 10.0 Å². The highest BCUT2D eigenvalue weighted by atomic mass is 32.2. The summed E-state index contributed by atoms with van der Waals surface area (Å²) in [5.74, 6) is -1.28. The van der Waals surface area contributed by atoms with Crippen molar-refractivity contribution in [3.63, 3.8) is 0 Å². The summed E-state index contributed by atoms with van der Waals surface area (Å²) >= 11 is 0. The average Bonchev–Trinajstić information content (AvgIpc) is 2.45. The number of halogens is 2. The van der Waals surface area contributed by atoms with Gasteiger partial charge in [-0.05, 0) is 36.4 Å². The lowest BCUT2D eigenvalue weighted by Crippen LogP contribution is -2.15. The van der Waals surface area contributed by atoms with Crippen molar-refractivity contribution in [2.45, 2.75) is 4.90 Å². The Kier molecular flexibility index (Phi) is 4.94. The smallest absolute Gasteiger partial charge is 0.238 e. The second-order valence-corrected chi connectivity index (χ2v) is 6.11. The van der Waals surface area contributed by atoms with Gasteiger partial charge in [-0.25, -0.2) is 22.3 Å². The molecule has 0 unspecified atom stereocenters. The SMILES string of the molecule is NS(=O)(=O)c1ccc(NCCNc2ccc(F)cc2F)cc1. The molecule has 0 aliphatic rings. The Bertz CT molecular complexity index is 749. The summed E-state index contributed by atoms with van der Waals surface area (Å²) in [6, 6.07) is 9.25. The van der Waals surface area contributed by atoms with Crippen molar-refractivity contribution in [1.29, 1.82) is 0 Å². The van der Waals surface area contributed by atoms with Crippen molar-refractivity contribution in [1.82, 2.24) is 0 Å². The highest BCUT2D eigenvalue weighted by Gasteiger charge is 2.06. The molecule has 0 aliphatic carbocycles. The molecule has 22 heavy (non-hydrogen) atoms. The van der Waals surface area contributed by atoms with E-state index in [2.05, 4.69) is 10.6 Å². The molecule has 0 spiro atoms. The molecular formula is C14H15F2N3O2S. The van der Waals surface area contributed by atoms with Crippen LogP contribution in [0.5, 0.6) is 0 Å². The maximum atomic E-state index is 13.4. The van der Waals surface area contributed by atoms with E-state index < -0.39 is 21.7 Å². The summed E-state index contributed by atoms with van der Waals surface area (Å²) in [5.41, 5.74) is 0.918. The second-order valence-electron chi connectivity index (χ2n) is 4.55. The van der Waals surface area contributed by atoms with Crippen molar-refractivity contribution in [2.75, 3.05) is 23.7 Å². The summed E-state index contributed by atoms with van der Waals surface area (Å²) in [7, 11) is -3.70. The molecule has 0 saturated carbocycles. The number of rotatable bonds is 6. The fourth-order valence-corrected chi connectivity index (χ4v) is 2.31. The van der Waals surface area contributed by atoms with Crippen LogP contribution in [0.2, 0.25) is 0 Å². The number of anilines is 2. The van der Waals surface area contributed by atoms with Gasteiger partial charge in [0.25, 0.3) is 0 Å². The van der Waals surface area contributed by atoms with Gasteiger partial charge in [0, 0.05) is 24.8 Å². The Morgan fingerprint density at radius 3 is 2.18 bits per heavy atom. The van der Waals surface area contributed by atoms with Crippen molar-refractivity contribution >= 4 is 21.4 Å². The zero-order valence-electron chi connectivity index (χ0n) is 11.5. The Morgan fingerprint density at radius 1 is 0.955 bits per heavy atom. The lowest BCUT2D eigenvalue weighted by atomic mass is 10.3. The molecule has 8 heteroatoms. The summed E-state index contributed by atoms with van der Waals surface area (Å²) in [5, 5.41) is 10.9. The number of nitrogens with two attached hydrogens (primary N) is 1. The largest absolute Gasteiger partial charge is 0.383 e. The molecular weight excluding hydrogens is 312 g/mol. The van der Waals surface area contributed by atoms with Crippen LogP contribution in [0.15, 0.2) is 47.4 Å². The Morgan fingerprint density at radius 2 is 1.59 bits per heavy atom. The standard InChI is InChI=1S/C14H15F2N3O2S/c15-10-1-6-14(13(16)9-10)19-8-7-18-11-2-4-12(5-3-11)22(17,20)21/h1-6,9,18-19H,7-8H2,(H2,17,20,21). The van der Waals surface area contributed by atoms with E-state index in [1.54, 1.807) is 12.1 Å². The first-order valence-electron chi connectivity index (χ1n) is 6.42. The Labute approximate surface area is 127 Å². The number of hydrogen-bond donors (Lipinski definition) is 3. The van der Waals surface area contributed by atoms with E-state index in [1.807, 2.05) is 0 Å². The molecule has 0 atom stereocenters. The maximum Gasteiger partial charge on any atom is 0.238 e. The third-order valence-electron chi connectivity index (χ3n) is 2.88. The molecule has 0 saturated heterocycles. The van der Waals surface area contributed by atoms with Gasteiger partial charge in [-0.2, -0.15) is 0 Å². The van der Waals surface area contributed by atoms with Gasteiger partial charge >= 0.3 is 0 Å². The summed E-state index contributed by atoms with van der Waals surface area (Å²) in [4.78, 5) is 0.0320. The Hall–Kier alpha value is -2.19. The molecule has 2 aromatic rings. The van der Waals surface area contributed by atoms with Gasteiger partial charge in [0.2, 0.25) is 10.0 Å². The van der Waals surface area contributed by atoms with Crippen molar-refractivity contribution in [2.24, 2.45) is 5.14 Å². The minimum atomic E-state index is -3.70. The molecule has 0 fully saturated rings. The highest BCUT2D eigenvalue weighted by Crippen LogP contribution is 2.15. The minimum Gasteiger partial charge on any atom is -0.383 e. The van der Waals surface area contributed by atoms with Crippen molar-refractivity contribution < 1.29 is 17.2 Å². The maximum absolute atomic E-state index is 13.4. The molecule has 0 bridgehead atoms. The zero-order valence-corrected chi connectivity index (χ0v) is 12.3. The molecule has 2 rings (SSSR count). The quantitative estimate of drug-likeness (QED) is 0.710. The number of nitrogens with one attached hydrogen (secondary N) is 2. The van der Waals surface area contributed by atoms with Crippen LogP contribution < -0.4 is 15.8 Å². The van der Waals surface area contributed by atoms with Crippen LogP contribution >= 0.6 is 0 Å². The fraction of sp³-hybridized carbons (Fsp3) is 0.143. The van der Waals surface area contributed by atoms with Gasteiger partial charge in [0.05, 0.1) is 10.6 Å². The third-order valence-corrected chi connectivity index (χ3v) is 3.81. The van der Waals surface area contributed by atoms with Gasteiger partial charge in [-0.3, -0.25) is 0 Å². The van der Waals surface area contributed by atoms with Gasteiger partial charge in [0.15, 0.2) is 0 Å². The van der Waals surface area contributed by atoms with Crippen molar-refractivity contribution in [3.05, 3.63) is 54.1 Å². The van der Waals surface area contributed by atoms with Crippen molar-refractivity contribution in [3.8, 4) is 0 Å². The van der Waals surface area contributed by atoms with E-state index in [4.69, 9.17) is 5.14 Å². The fourth-order valence-electron chi connectivity index (χ4n) is 1.80. The third kappa shape index (κ3) is 4.40.